The number of fused-ring (bicyclic) bond motifs is 3. The maximum absolute atomic E-state index is 15.2. The lowest BCUT2D eigenvalue weighted by Crippen LogP contribution is -2.62. The van der Waals surface area contributed by atoms with Gasteiger partial charge >= 0.3 is 0 Å². The molecule has 8 aliphatic rings. The Hall–Kier alpha value is -11.0. The predicted octanol–water partition coefficient (Wildman–Crippen LogP) is 16.9. The van der Waals surface area contributed by atoms with Crippen LogP contribution < -0.4 is 33.2 Å². The second-order valence-electron chi connectivity index (χ2n) is 35.9. The maximum Gasteiger partial charge on any atom is 0.257 e. The van der Waals surface area contributed by atoms with Crippen LogP contribution >= 0.6 is 47.5 Å². The fraction of sp³-hybridized carbons (Fsp3) is 0.351. The summed E-state index contributed by atoms with van der Waals surface area (Å²) in [4.78, 5) is 39.9. The molecule has 8 aliphatic heterocycles. The molecule has 15 atom stereocenters. The first-order valence-electron chi connectivity index (χ1n) is 47.8. The first-order valence-corrected chi connectivity index (χ1v) is 51.2. The minimum atomic E-state index is -1.12. The lowest BCUT2D eigenvalue weighted by atomic mass is 9.71. The minimum absolute atomic E-state index is 0.0104. The number of nitrogens with two attached hydrogens (primary N) is 3. The van der Waals surface area contributed by atoms with Gasteiger partial charge in [-0.2, -0.15) is 0 Å². The molecule has 8 heterocycles. The van der Waals surface area contributed by atoms with Gasteiger partial charge in [-0.15, -0.1) is 0 Å². The normalized spacial score (nSPS) is 25.8. The van der Waals surface area contributed by atoms with Crippen LogP contribution in [0.1, 0.15) is 103 Å². The monoisotopic (exact) mass is 2030 g/mol. The Kier molecular flexibility index (Phi) is 38.4. The van der Waals surface area contributed by atoms with Crippen LogP contribution in [0.3, 0.4) is 0 Å². The molecule has 0 aliphatic carbocycles. The number of hydrogen-bond donors (Lipinski definition) is 9. The molecule has 23 nitrogen and oxygen atoms in total. The average molecular weight is 2030 g/mol. The van der Waals surface area contributed by atoms with E-state index < -0.39 is 51.5 Å². The second-order valence-corrected chi connectivity index (χ2v) is 39.4. The molecular weight excluding hydrogens is 1910 g/mol. The van der Waals surface area contributed by atoms with Gasteiger partial charge in [0.05, 0.1) is 131 Å². The van der Waals surface area contributed by atoms with E-state index >= 15 is 8.78 Å². The van der Waals surface area contributed by atoms with Crippen molar-refractivity contribution >= 4 is 79.9 Å². The largest absolute Gasteiger partial charge is 0.396 e. The Morgan fingerprint density at radius 1 is 0.364 bits per heavy atom. The van der Waals surface area contributed by atoms with Crippen LogP contribution in [0.25, 0.3) is 0 Å². The van der Waals surface area contributed by atoms with Crippen molar-refractivity contribution in [3.63, 3.8) is 0 Å². The van der Waals surface area contributed by atoms with Gasteiger partial charge in [0.2, 0.25) is 0 Å². The molecule has 0 saturated carbocycles. The topological polar surface area (TPSA) is 329 Å². The summed E-state index contributed by atoms with van der Waals surface area (Å²) in [6.45, 7) is 4.65. The molecule has 0 aromatic heterocycles. The van der Waals surface area contributed by atoms with Crippen molar-refractivity contribution in [2.45, 2.75) is 117 Å². The molecule has 0 bridgehead atoms. The number of nitrogens with zero attached hydrogens (tertiary/aromatic N) is 3. The molecule has 32 heteroatoms. The average Bonchev–Trinajstić information content (AvgIpc) is 0.749. The number of aliphatic imine (C=N–C) groups is 3. The van der Waals surface area contributed by atoms with Crippen LogP contribution in [0.2, 0.25) is 0 Å². The number of aliphatic hydroxyl groups excluding tert-OH is 3. The summed E-state index contributed by atoms with van der Waals surface area (Å²) < 4.78 is 127. The van der Waals surface area contributed by atoms with Crippen LogP contribution in [0, 0.1) is 58.7 Å². The number of halogens is 5. The van der Waals surface area contributed by atoms with Gasteiger partial charge in [0, 0.05) is 138 Å². The van der Waals surface area contributed by atoms with Crippen molar-refractivity contribution in [3.05, 3.63) is 394 Å². The number of benzene rings is 11. The lowest BCUT2D eigenvalue weighted by molar-refractivity contribution is -0.125. The lowest BCUT2D eigenvalue weighted by Gasteiger charge is -2.48. The molecule has 5 saturated heterocycles. The number of amides is 2. The van der Waals surface area contributed by atoms with E-state index in [0.29, 0.717) is 171 Å². The Morgan fingerprint density at radius 2 is 0.671 bits per heavy atom. The highest BCUT2D eigenvalue weighted by molar-refractivity contribution is 8.14. The summed E-state index contributed by atoms with van der Waals surface area (Å²) in [6.07, 6.45) is 0.877. The third-order valence-electron chi connectivity index (χ3n) is 27.4. The van der Waals surface area contributed by atoms with Gasteiger partial charge < -0.3 is 85.8 Å². The van der Waals surface area contributed by atoms with Gasteiger partial charge in [0.25, 0.3) is 11.8 Å². The third kappa shape index (κ3) is 26.3. The standard InChI is InChI=1S/C28H29FN2O4S.C28H27FN2O3S.C21H23FN2O2S.C20H24FNO3.C14H17FN2O2S/c29-24-14-8-7-13-22(24)28(31-27(36)30-26(33)21-11-5-2-6-12-21)15-16-35-25(23(28)17-32)19-34-18-20-9-3-1-4-10-20;29-24-14-8-7-13-22(24)28-15-16-34-25(18-33-17-20-9-3-1-4-10-20)23(28)19-35-27(31-28)30-26(32)21-11-5-2-6-12-21;22-18-9-5-4-8-16(18)21-10-11-26-19(17(21)14-27-20(23)24-21)13-25-12-15-6-2-1-3-7-15;21-18-9-5-4-8-16(18)20(22)10-11-25-19(17(20)12-23)14-24-13-15-6-2-1-3-7-15;15-11-4-2-1-3-9(11)14-5-6-19-12(7-18)10(14)8-20-13(16)17-14/h1-14,23,25,32H,15-19H2,(H2,30,31,33,36);1-14,23,25H,15-19H2,(H,30,31,32);1-9,17,19H,10-14H2,(H2,23,24);1-9,17,19,23H,10-14,22H2;1-4,10,12,18H,5-8H2,(H2,16,17)/t2*23-,25-,28-;17-,19-,21-;17-,19-,20-;10-,12-,14-/m11111/s1. The smallest absolute Gasteiger partial charge is 0.257 e. The molecule has 5 fully saturated rings. The molecular formula is C111H120F5N9O14S4. The number of rotatable bonds is 27. The van der Waals surface area contributed by atoms with Crippen LogP contribution in [0.5, 0.6) is 0 Å². The molecule has 11 aromatic carbocycles. The van der Waals surface area contributed by atoms with Gasteiger partial charge in [0.15, 0.2) is 20.6 Å². The number of amidine groups is 3. The molecule has 19 rings (SSSR count). The number of nitrogens with one attached hydrogen (secondary N) is 3. The molecule has 0 radical (unpaired) electrons. The van der Waals surface area contributed by atoms with Crippen LogP contribution in [0.4, 0.5) is 22.0 Å². The van der Waals surface area contributed by atoms with Crippen molar-refractivity contribution in [1.82, 2.24) is 16.0 Å². The SMILES string of the molecule is NC1=N[C@@]2(c3ccccc3F)CCO[C@H](CO)[C@H]2CS1.NC1=N[C@@]2(c3ccccc3F)CCO[C@H](COCc3ccccc3)[C@H]2CS1.N[C@@]1(c2ccccc2F)CCO[C@H](COCc2ccccc2)[C@H]1CO.O=C(NC(=S)N[C@@]1(c2ccccc2F)CCO[C@H](COCc2ccccc2)[C@H]1CO)c1ccccc1.O=C(NC1=N[C@@]2(c3ccccc3F)CCO[C@H](COCc3ccccc3)[C@H]2CS1)c1ccccc1. The van der Waals surface area contributed by atoms with E-state index in [1.54, 1.807) is 109 Å². The zero-order valence-corrected chi connectivity index (χ0v) is 82.3. The van der Waals surface area contributed by atoms with E-state index in [-0.39, 0.29) is 115 Å². The number of carbonyl (C=O) groups excluding carboxylic acids is 2. The molecule has 2 amide bonds. The van der Waals surface area contributed by atoms with Crippen LogP contribution in [-0.2, 0) is 96.8 Å². The summed E-state index contributed by atoms with van der Waals surface area (Å²) in [5.41, 5.74) is 21.9. The number of ether oxygens (including phenoxy) is 9. The zero-order valence-electron chi connectivity index (χ0n) is 79.0. The summed E-state index contributed by atoms with van der Waals surface area (Å²) in [6, 6.07) is 90.5. The Balaban J connectivity index is 0.000000137. The first kappa shape index (κ1) is 106. The molecule has 12 N–H and O–H groups in total. The van der Waals surface area contributed by atoms with Gasteiger partial charge in [-0.25, -0.2) is 22.0 Å². The van der Waals surface area contributed by atoms with Gasteiger partial charge in [0.1, 0.15) is 29.1 Å². The van der Waals surface area contributed by atoms with Crippen LogP contribution in [0.15, 0.2) is 318 Å². The second kappa shape index (κ2) is 51.7. The minimum Gasteiger partial charge on any atom is -0.396 e. The van der Waals surface area contributed by atoms with E-state index in [1.807, 2.05) is 164 Å². The zero-order chi connectivity index (χ0) is 100. The van der Waals surface area contributed by atoms with Crippen LogP contribution in [-0.4, -0.2) is 175 Å². The Bertz CT molecular complexity index is 6040. The van der Waals surface area contributed by atoms with Gasteiger partial charge in [-0.05, 0) is 102 Å². The van der Waals surface area contributed by atoms with Crippen molar-refractivity contribution in [1.29, 1.82) is 0 Å². The highest BCUT2D eigenvalue weighted by Gasteiger charge is 2.56. The molecule has 752 valence electrons. The fourth-order valence-corrected chi connectivity index (χ4v) is 23.8. The predicted molar refractivity (Wildman–Crippen MR) is 551 cm³/mol. The van der Waals surface area contributed by atoms with E-state index in [0.717, 1.165) is 28.0 Å². The van der Waals surface area contributed by atoms with Crippen molar-refractivity contribution in [2.75, 3.05) is 96.5 Å². The maximum atomic E-state index is 15.2. The first-order chi connectivity index (χ1) is 69.7. The molecule has 0 spiro atoms. The number of thiocarbonyl (C=S) groups is 1. The highest BCUT2D eigenvalue weighted by atomic mass is 32.2. The van der Waals surface area contributed by atoms with Crippen molar-refractivity contribution in [3.8, 4) is 0 Å². The van der Waals surface area contributed by atoms with Crippen molar-refractivity contribution in [2.24, 2.45) is 61.8 Å². The quantitative estimate of drug-likeness (QED) is 0.0171. The van der Waals surface area contributed by atoms with Gasteiger partial charge in [-0.3, -0.25) is 29.9 Å². The summed E-state index contributed by atoms with van der Waals surface area (Å²) in [7, 11) is 0. The van der Waals surface area contributed by atoms with E-state index in [1.165, 1.54) is 65.6 Å². The Labute approximate surface area is 848 Å². The molecule has 11 aromatic rings. The number of carbonyl (C=O) groups is 2. The van der Waals surface area contributed by atoms with E-state index in [2.05, 4.69) is 20.9 Å². The molecule has 0 unspecified atom stereocenters. The third-order valence-corrected chi connectivity index (χ3v) is 30.4. The highest BCUT2D eigenvalue weighted by Crippen LogP contribution is 2.53. The number of thioether (sulfide) groups is 3. The van der Waals surface area contributed by atoms with E-state index in [4.69, 9.17) is 82.0 Å². The number of aliphatic hydroxyl groups is 3. The van der Waals surface area contributed by atoms with Gasteiger partial charge in [-0.1, -0.05) is 284 Å². The summed E-state index contributed by atoms with van der Waals surface area (Å²) in [5, 5.41) is 40.3. The molecule has 143 heavy (non-hydrogen) atoms. The number of hydrogen-bond acceptors (Lipinski definition) is 24. The summed E-state index contributed by atoms with van der Waals surface area (Å²) >= 11 is 9.90. The summed E-state index contributed by atoms with van der Waals surface area (Å²) in [5.74, 6) is -1.39. The van der Waals surface area contributed by atoms with E-state index in [9.17, 15) is 38.1 Å². The van der Waals surface area contributed by atoms with Crippen molar-refractivity contribution < 1.29 is 89.5 Å². The Morgan fingerprint density at radius 3 is 1.06 bits per heavy atom. The fourth-order valence-electron chi connectivity index (χ4n) is 20.1.